The number of nitrogens with one attached hydrogen (secondary N) is 1. The van der Waals surface area contributed by atoms with Crippen LogP contribution < -0.4 is 11.2 Å². The van der Waals surface area contributed by atoms with Gasteiger partial charge in [0.2, 0.25) is 0 Å². The normalized spacial score (nSPS) is 10.9. The lowest BCUT2D eigenvalue weighted by atomic mass is 10.1. The van der Waals surface area contributed by atoms with Crippen LogP contribution in [-0.4, -0.2) is 15.8 Å². The largest absolute Gasteiger partial charge is 0.366 e. The molecule has 0 unspecified atom stereocenters. The van der Waals surface area contributed by atoms with Crippen molar-refractivity contribution in [2.75, 3.05) is 0 Å². The number of aromatic amines is 1. The molecule has 3 aromatic rings. The van der Waals surface area contributed by atoms with Crippen LogP contribution in [0, 0.1) is 10.1 Å². The van der Waals surface area contributed by atoms with Crippen LogP contribution >= 0.6 is 0 Å². The minimum absolute atomic E-state index is 0.0775. The number of primary amides is 1. The molecule has 0 bridgehead atoms. The van der Waals surface area contributed by atoms with Gasteiger partial charge in [0.15, 0.2) is 5.43 Å². The van der Waals surface area contributed by atoms with Crippen LogP contribution in [0.25, 0.3) is 21.8 Å². The van der Waals surface area contributed by atoms with Crippen molar-refractivity contribution in [3.63, 3.8) is 0 Å². The maximum absolute atomic E-state index is 12.4. The second-order valence-corrected chi connectivity index (χ2v) is 4.50. The van der Waals surface area contributed by atoms with E-state index in [1.807, 2.05) is 0 Å². The molecular weight excluding hydrogens is 274 g/mol. The van der Waals surface area contributed by atoms with Gasteiger partial charge in [-0.05, 0) is 18.2 Å². The van der Waals surface area contributed by atoms with Crippen LogP contribution in [0.5, 0.6) is 0 Å². The average Bonchev–Trinajstić information content (AvgIpc) is 2.46. The molecule has 104 valence electrons. The Kier molecular flexibility index (Phi) is 2.69. The van der Waals surface area contributed by atoms with E-state index in [1.165, 1.54) is 24.3 Å². The summed E-state index contributed by atoms with van der Waals surface area (Å²) in [6.45, 7) is 0. The van der Waals surface area contributed by atoms with E-state index in [2.05, 4.69) is 4.98 Å². The predicted octanol–water partition coefficient (Wildman–Crippen LogP) is 1.69. The Labute approximate surface area is 117 Å². The van der Waals surface area contributed by atoms with Crippen LogP contribution in [-0.2, 0) is 0 Å². The first-order valence-electron chi connectivity index (χ1n) is 6.02. The highest BCUT2D eigenvalue weighted by molar-refractivity contribution is 6.07. The first-order chi connectivity index (χ1) is 10.0. The molecule has 0 aliphatic heterocycles. The molecule has 21 heavy (non-hydrogen) atoms. The number of nitrogens with zero attached hydrogens (tertiary/aromatic N) is 1. The summed E-state index contributed by atoms with van der Waals surface area (Å²) in [5.41, 5.74) is 5.06. The number of aromatic nitrogens is 1. The van der Waals surface area contributed by atoms with Crippen LogP contribution in [0.3, 0.4) is 0 Å². The summed E-state index contributed by atoms with van der Waals surface area (Å²) in [4.78, 5) is 37.2. The number of hydrogen-bond acceptors (Lipinski definition) is 4. The molecule has 0 atom stereocenters. The molecule has 3 rings (SSSR count). The number of fused-ring (bicyclic) bond motifs is 2. The molecule has 7 nitrogen and oxygen atoms in total. The Bertz CT molecular complexity index is 900. The van der Waals surface area contributed by atoms with E-state index in [0.29, 0.717) is 0 Å². The molecule has 1 aromatic heterocycles. The third-order valence-electron chi connectivity index (χ3n) is 3.31. The number of amides is 1. The van der Waals surface area contributed by atoms with Gasteiger partial charge in [-0.25, -0.2) is 0 Å². The van der Waals surface area contributed by atoms with Gasteiger partial charge in [0.05, 0.1) is 21.4 Å². The van der Waals surface area contributed by atoms with Gasteiger partial charge >= 0.3 is 0 Å². The van der Waals surface area contributed by atoms with Crippen LogP contribution in [0.1, 0.15) is 10.4 Å². The molecule has 0 aliphatic carbocycles. The van der Waals surface area contributed by atoms with Crippen molar-refractivity contribution in [1.82, 2.24) is 4.98 Å². The third-order valence-corrected chi connectivity index (χ3v) is 3.31. The molecule has 0 radical (unpaired) electrons. The molecule has 0 spiro atoms. The number of pyridine rings is 1. The fourth-order valence-corrected chi connectivity index (χ4v) is 2.36. The van der Waals surface area contributed by atoms with Crippen molar-refractivity contribution >= 4 is 33.4 Å². The van der Waals surface area contributed by atoms with Crippen LogP contribution in [0.15, 0.2) is 41.2 Å². The number of non-ortho nitro benzene ring substituents is 1. The molecule has 1 heterocycles. The van der Waals surface area contributed by atoms with E-state index in [-0.39, 0.29) is 38.5 Å². The summed E-state index contributed by atoms with van der Waals surface area (Å²) < 4.78 is 0. The number of hydrogen-bond donors (Lipinski definition) is 2. The highest BCUT2D eigenvalue weighted by Crippen LogP contribution is 2.24. The van der Waals surface area contributed by atoms with E-state index in [1.54, 1.807) is 12.1 Å². The maximum atomic E-state index is 12.4. The number of nitro benzene ring substituents is 1. The zero-order valence-electron chi connectivity index (χ0n) is 10.6. The second kappa shape index (κ2) is 4.41. The number of carbonyl (C=O) groups is 1. The summed E-state index contributed by atoms with van der Waals surface area (Å²) in [5.74, 6) is -0.714. The number of nitro groups is 1. The number of benzene rings is 2. The Balaban J connectivity index is 2.60. The predicted molar refractivity (Wildman–Crippen MR) is 77.2 cm³/mol. The highest BCUT2D eigenvalue weighted by Gasteiger charge is 2.17. The van der Waals surface area contributed by atoms with Gasteiger partial charge in [-0.15, -0.1) is 0 Å². The third kappa shape index (κ3) is 1.83. The quantitative estimate of drug-likeness (QED) is 0.422. The summed E-state index contributed by atoms with van der Waals surface area (Å²) >= 11 is 0. The minimum Gasteiger partial charge on any atom is -0.366 e. The van der Waals surface area contributed by atoms with E-state index in [4.69, 9.17) is 5.73 Å². The van der Waals surface area contributed by atoms with Crippen molar-refractivity contribution < 1.29 is 9.72 Å². The summed E-state index contributed by atoms with van der Waals surface area (Å²) in [7, 11) is 0. The fraction of sp³-hybridized carbons (Fsp3) is 0. The molecule has 3 N–H and O–H groups in total. The lowest BCUT2D eigenvalue weighted by Crippen LogP contribution is -2.14. The van der Waals surface area contributed by atoms with E-state index < -0.39 is 10.8 Å². The van der Waals surface area contributed by atoms with Crippen molar-refractivity contribution in [1.29, 1.82) is 0 Å². The lowest BCUT2D eigenvalue weighted by molar-refractivity contribution is -0.383. The molecule has 0 saturated heterocycles. The molecule has 1 amide bonds. The smallest absolute Gasteiger partial charge is 0.293 e. The SMILES string of the molecule is NC(=O)c1cccc2c(=O)c3cccc([N+](=O)[O-])c3[nH]c12. The zero-order chi connectivity index (χ0) is 15.1. The average molecular weight is 283 g/mol. The number of H-pyrrole nitrogens is 1. The molecule has 0 saturated carbocycles. The Hall–Kier alpha value is -3.22. The van der Waals surface area contributed by atoms with Gasteiger partial charge in [-0.1, -0.05) is 12.1 Å². The van der Waals surface area contributed by atoms with Crippen molar-refractivity contribution in [3.05, 3.63) is 62.3 Å². The lowest BCUT2D eigenvalue weighted by Gasteiger charge is -2.06. The molecular formula is C14H9N3O4. The van der Waals surface area contributed by atoms with Gasteiger partial charge in [0.25, 0.3) is 11.6 Å². The van der Waals surface area contributed by atoms with Crippen molar-refractivity contribution in [2.45, 2.75) is 0 Å². The Morgan fingerprint density at radius 2 is 1.71 bits per heavy atom. The monoisotopic (exact) mass is 283 g/mol. The van der Waals surface area contributed by atoms with Gasteiger partial charge in [0, 0.05) is 11.5 Å². The second-order valence-electron chi connectivity index (χ2n) is 4.50. The first kappa shape index (κ1) is 12.8. The van der Waals surface area contributed by atoms with Crippen LogP contribution in [0.2, 0.25) is 0 Å². The van der Waals surface area contributed by atoms with E-state index in [0.717, 1.165) is 0 Å². The van der Waals surface area contributed by atoms with Gasteiger partial charge in [0.1, 0.15) is 5.52 Å². The first-order valence-corrected chi connectivity index (χ1v) is 6.02. The number of carbonyl (C=O) groups excluding carboxylic acids is 1. The van der Waals surface area contributed by atoms with Crippen molar-refractivity contribution in [3.8, 4) is 0 Å². The zero-order valence-corrected chi connectivity index (χ0v) is 10.6. The Morgan fingerprint density at radius 1 is 1.10 bits per heavy atom. The minimum atomic E-state index is -0.714. The topological polar surface area (TPSA) is 119 Å². The molecule has 7 heteroatoms. The maximum Gasteiger partial charge on any atom is 0.293 e. The van der Waals surface area contributed by atoms with Crippen LogP contribution in [0.4, 0.5) is 5.69 Å². The highest BCUT2D eigenvalue weighted by atomic mass is 16.6. The molecule has 0 aliphatic rings. The van der Waals surface area contributed by atoms with E-state index in [9.17, 15) is 19.7 Å². The Morgan fingerprint density at radius 3 is 2.33 bits per heavy atom. The number of para-hydroxylation sites is 2. The molecule has 0 fully saturated rings. The summed E-state index contributed by atoms with van der Waals surface area (Å²) in [5, 5.41) is 11.5. The number of rotatable bonds is 2. The molecule has 2 aromatic carbocycles. The standard InChI is InChI=1S/C14H9N3O4/c15-14(19)9-5-1-3-7-11(9)16-12-8(13(7)18)4-2-6-10(12)17(20)21/h1-6H,(H2,15,19)(H,16,18). The van der Waals surface area contributed by atoms with E-state index >= 15 is 0 Å². The van der Waals surface area contributed by atoms with Gasteiger partial charge in [-0.2, -0.15) is 0 Å². The number of nitrogens with two attached hydrogens (primary N) is 1. The summed E-state index contributed by atoms with van der Waals surface area (Å²) in [6, 6.07) is 8.77. The summed E-state index contributed by atoms with van der Waals surface area (Å²) in [6.07, 6.45) is 0. The fourth-order valence-electron chi connectivity index (χ4n) is 2.36. The van der Waals surface area contributed by atoms with Crippen molar-refractivity contribution in [2.24, 2.45) is 5.73 Å². The van der Waals surface area contributed by atoms with Gasteiger partial charge < -0.3 is 10.7 Å². The van der Waals surface area contributed by atoms with Gasteiger partial charge in [-0.3, -0.25) is 19.7 Å².